The highest BCUT2D eigenvalue weighted by molar-refractivity contribution is 5.97. The zero-order valence-corrected chi connectivity index (χ0v) is 22.0. The van der Waals surface area contributed by atoms with Crippen LogP contribution in [0.1, 0.15) is 44.2 Å². The van der Waals surface area contributed by atoms with Gasteiger partial charge in [0.15, 0.2) is 0 Å². The van der Waals surface area contributed by atoms with Crippen LogP contribution in [0.15, 0.2) is 72.8 Å². The lowest BCUT2D eigenvalue weighted by molar-refractivity contribution is -0.139. The first kappa shape index (κ1) is 29.7. The molecule has 8 nitrogen and oxygen atoms in total. The van der Waals surface area contributed by atoms with Gasteiger partial charge >= 0.3 is 0 Å². The van der Waals surface area contributed by atoms with Crippen LogP contribution < -0.4 is 21.8 Å². The summed E-state index contributed by atoms with van der Waals surface area (Å²) in [5.41, 5.74) is 10.6. The summed E-state index contributed by atoms with van der Waals surface area (Å²) in [5, 5.41) is 7.32. The van der Waals surface area contributed by atoms with E-state index in [1.54, 1.807) is 0 Å². The maximum Gasteiger partial charge on any atom is 0.265 e. The van der Waals surface area contributed by atoms with Crippen LogP contribution in [0, 0.1) is 5.92 Å². The number of aryl methyl sites for hydroxylation is 1. The van der Waals surface area contributed by atoms with Gasteiger partial charge in [-0.05, 0) is 55.8 Å². The van der Waals surface area contributed by atoms with E-state index in [0.717, 1.165) is 18.4 Å². The molecule has 0 spiro atoms. The van der Waals surface area contributed by atoms with Crippen molar-refractivity contribution >= 4 is 17.7 Å². The topological polar surface area (TPSA) is 117 Å². The number of nitrogens with two attached hydrogens (primary N) is 1. The van der Waals surface area contributed by atoms with Gasteiger partial charge in [0.05, 0.1) is 6.04 Å². The number of amides is 3. The van der Waals surface area contributed by atoms with Crippen LogP contribution in [-0.2, 0) is 27.3 Å². The number of nitrogens with zero attached hydrogens (tertiary/aromatic N) is 1. The first-order chi connectivity index (χ1) is 17.9. The van der Waals surface area contributed by atoms with Crippen LogP contribution in [0.25, 0.3) is 0 Å². The van der Waals surface area contributed by atoms with E-state index in [-0.39, 0.29) is 18.4 Å². The molecule has 0 saturated carbocycles. The van der Waals surface area contributed by atoms with Gasteiger partial charge < -0.3 is 16.4 Å². The Kier molecular flexibility index (Phi) is 13.7. The fourth-order valence-electron chi connectivity index (χ4n) is 3.73. The summed E-state index contributed by atoms with van der Waals surface area (Å²) in [4.78, 5) is 38.1. The summed E-state index contributed by atoms with van der Waals surface area (Å²) in [7, 11) is 0. The molecule has 0 radical (unpaired) electrons. The lowest BCUT2D eigenvalue weighted by Crippen LogP contribution is -2.53. The van der Waals surface area contributed by atoms with E-state index in [4.69, 9.17) is 5.73 Å². The minimum atomic E-state index is -0.482. The Balaban J connectivity index is 1.91. The van der Waals surface area contributed by atoms with Crippen molar-refractivity contribution in [1.29, 1.82) is 0 Å². The first-order valence-corrected chi connectivity index (χ1v) is 13.0. The fraction of sp³-hybridized carbons (Fsp3) is 0.414. The molecule has 2 rings (SSSR count). The molecular weight excluding hydrogens is 466 g/mol. The summed E-state index contributed by atoms with van der Waals surface area (Å²) in [6.45, 7) is 5.77. The van der Waals surface area contributed by atoms with E-state index in [2.05, 4.69) is 42.0 Å². The van der Waals surface area contributed by atoms with E-state index in [9.17, 15) is 14.4 Å². The minimum Gasteiger partial charge on any atom is -0.348 e. The average Bonchev–Trinajstić information content (AvgIpc) is 2.91. The van der Waals surface area contributed by atoms with E-state index < -0.39 is 11.9 Å². The Bertz CT molecular complexity index is 980. The molecule has 1 atom stereocenters. The summed E-state index contributed by atoms with van der Waals surface area (Å²) >= 11 is 0. The van der Waals surface area contributed by atoms with Crippen LogP contribution in [-0.4, -0.2) is 48.4 Å². The molecule has 2 aromatic rings. The van der Waals surface area contributed by atoms with Gasteiger partial charge in [0.1, 0.15) is 0 Å². The third kappa shape index (κ3) is 12.3. The van der Waals surface area contributed by atoms with Crippen molar-refractivity contribution in [3.63, 3.8) is 0 Å². The van der Waals surface area contributed by atoms with Crippen molar-refractivity contribution in [3.05, 3.63) is 83.9 Å². The molecule has 0 bridgehead atoms. The second kappa shape index (κ2) is 17.1. The molecular formula is C29H41N5O3. The summed E-state index contributed by atoms with van der Waals surface area (Å²) in [6.07, 6.45) is 5.31. The van der Waals surface area contributed by atoms with E-state index in [0.29, 0.717) is 38.4 Å². The van der Waals surface area contributed by atoms with Gasteiger partial charge in [0, 0.05) is 25.2 Å². The summed E-state index contributed by atoms with van der Waals surface area (Å²) in [6, 6.07) is 19.3. The quantitative estimate of drug-likeness (QED) is 0.168. The Morgan fingerprint density at radius 3 is 2.19 bits per heavy atom. The van der Waals surface area contributed by atoms with Gasteiger partial charge in [-0.1, -0.05) is 74.5 Å². The average molecular weight is 508 g/mol. The molecule has 2 aromatic carbocycles. The highest BCUT2D eigenvalue weighted by Gasteiger charge is 2.22. The summed E-state index contributed by atoms with van der Waals surface area (Å²) < 4.78 is 0. The van der Waals surface area contributed by atoms with Crippen molar-refractivity contribution in [2.75, 3.05) is 19.6 Å². The molecule has 0 aliphatic heterocycles. The molecule has 0 aliphatic carbocycles. The largest absolute Gasteiger partial charge is 0.348 e. The Morgan fingerprint density at radius 1 is 0.919 bits per heavy atom. The number of carbonyl (C=O) groups is 3. The minimum absolute atomic E-state index is 0.249. The molecule has 1 unspecified atom stereocenters. The van der Waals surface area contributed by atoms with Gasteiger partial charge in [-0.25, -0.2) is 0 Å². The van der Waals surface area contributed by atoms with Crippen LogP contribution in [0.3, 0.4) is 0 Å². The van der Waals surface area contributed by atoms with Gasteiger partial charge in [-0.15, -0.1) is 0 Å². The SMILES string of the molecule is CC(C)CC(NCCCc1ccccc1)C(=O)NN(CCCN)C(=O)/C=C/C(=O)NCc1ccccc1. The van der Waals surface area contributed by atoms with Crippen molar-refractivity contribution in [1.82, 2.24) is 21.1 Å². The number of hydrazine groups is 1. The molecule has 0 saturated heterocycles. The molecule has 3 amide bonds. The monoisotopic (exact) mass is 507 g/mol. The van der Waals surface area contributed by atoms with Crippen LogP contribution >= 0.6 is 0 Å². The van der Waals surface area contributed by atoms with Crippen LogP contribution in [0.4, 0.5) is 0 Å². The molecule has 5 N–H and O–H groups in total. The number of carbonyl (C=O) groups excluding carboxylic acids is 3. The standard InChI is InChI=1S/C29H41N5O3/c1-23(2)21-26(31-19-9-15-24-11-5-3-6-12-24)29(37)33-34(20-10-18-30)28(36)17-16-27(35)32-22-25-13-7-4-8-14-25/h3-8,11-14,16-17,23,26,31H,9-10,15,18-22,30H2,1-2H3,(H,32,35)(H,33,37)/b17-16+. The van der Waals surface area contributed by atoms with Crippen LogP contribution in [0.5, 0.6) is 0 Å². The highest BCUT2D eigenvalue weighted by Crippen LogP contribution is 2.07. The maximum absolute atomic E-state index is 13.1. The van der Waals surface area contributed by atoms with Gasteiger partial charge in [0.2, 0.25) is 5.91 Å². The molecule has 200 valence electrons. The maximum atomic E-state index is 13.1. The van der Waals surface area contributed by atoms with Crippen molar-refractivity contribution in [2.45, 2.75) is 52.1 Å². The highest BCUT2D eigenvalue weighted by atomic mass is 16.2. The zero-order chi connectivity index (χ0) is 26.9. The lowest BCUT2D eigenvalue weighted by atomic mass is 10.0. The third-order valence-electron chi connectivity index (χ3n) is 5.68. The molecule has 0 aliphatic rings. The Morgan fingerprint density at radius 2 is 1.57 bits per heavy atom. The fourth-order valence-corrected chi connectivity index (χ4v) is 3.73. The predicted octanol–water partition coefficient (Wildman–Crippen LogP) is 2.70. The van der Waals surface area contributed by atoms with Crippen LogP contribution in [0.2, 0.25) is 0 Å². The molecule has 0 fully saturated rings. The van der Waals surface area contributed by atoms with Crippen molar-refractivity contribution in [2.24, 2.45) is 11.7 Å². The van der Waals surface area contributed by atoms with Gasteiger partial charge in [-0.3, -0.25) is 24.8 Å². The second-order valence-electron chi connectivity index (χ2n) is 9.37. The van der Waals surface area contributed by atoms with E-state index in [1.807, 2.05) is 48.5 Å². The van der Waals surface area contributed by atoms with Crippen molar-refractivity contribution < 1.29 is 14.4 Å². The smallest absolute Gasteiger partial charge is 0.265 e. The number of nitrogens with one attached hydrogen (secondary N) is 3. The lowest BCUT2D eigenvalue weighted by Gasteiger charge is -2.26. The number of hydrogen-bond donors (Lipinski definition) is 4. The number of hydrogen-bond acceptors (Lipinski definition) is 5. The molecule has 8 heteroatoms. The molecule has 0 aromatic heterocycles. The number of rotatable bonds is 15. The normalized spacial score (nSPS) is 11.9. The zero-order valence-electron chi connectivity index (χ0n) is 22.0. The molecule has 37 heavy (non-hydrogen) atoms. The number of benzene rings is 2. The molecule has 0 heterocycles. The third-order valence-corrected chi connectivity index (χ3v) is 5.68. The Labute approximate surface area is 220 Å². The van der Waals surface area contributed by atoms with E-state index in [1.165, 1.54) is 22.7 Å². The second-order valence-corrected chi connectivity index (χ2v) is 9.37. The van der Waals surface area contributed by atoms with E-state index >= 15 is 0 Å². The van der Waals surface area contributed by atoms with Gasteiger partial charge in [-0.2, -0.15) is 0 Å². The predicted molar refractivity (Wildman–Crippen MR) is 147 cm³/mol. The Hall–Kier alpha value is -3.49. The summed E-state index contributed by atoms with van der Waals surface area (Å²) in [5.74, 6) is -0.858. The van der Waals surface area contributed by atoms with Gasteiger partial charge in [0.25, 0.3) is 11.8 Å². The first-order valence-electron chi connectivity index (χ1n) is 13.0. The van der Waals surface area contributed by atoms with Crippen molar-refractivity contribution in [3.8, 4) is 0 Å².